The second-order valence-corrected chi connectivity index (χ2v) is 8.76. The number of nitrogens with one attached hydrogen (secondary N) is 1. The molecule has 1 aromatic heterocycles. The molecular formula is C24H27N5O3. The van der Waals surface area contributed by atoms with Crippen LogP contribution in [0.4, 0.5) is 5.69 Å². The predicted molar refractivity (Wildman–Crippen MR) is 118 cm³/mol. The molecule has 8 nitrogen and oxygen atoms in total. The van der Waals surface area contributed by atoms with E-state index in [9.17, 15) is 14.4 Å². The number of carbonyl (C=O) groups excluding carboxylic acids is 3. The molecule has 0 spiro atoms. The summed E-state index contributed by atoms with van der Waals surface area (Å²) in [6.07, 6.45) is 9.68. The van der Waals surface area contributed by atoms with Gasteiger partial charge in [-0.05, 0) is 49.9 Å². The number of aryl methyl sites for hydroxylation is 1. The van der Waals surface area contributed by atoms with E-state index in [4.69, 9.17) is 0 Å². The van der Waals surface area contributed by atoms with Crippen molar-refractivity contribution in [1.82, 2.24) is 19.7 Å². The van der Waals surface area contributed by atoms with Crippen LogP contribution in [0.1, 0.15) is 44.3 Å². The van der Waals surface area contributed by atoms with E-state index in [1.807, 2.05) is 36.4 Å². The average molecular weight is 434 g/mol. The van der Waals surface area contributed by atoms with Crippen molar-refractivity contribution in [2.24, 2.45) is 11.8 Å². The SMILES string of the molecule is O=C(CCN1C(=O)[C@H]2CC=CC[C@H]2C1=O)Nc1ccc(-c2nnc3n2CCCCC3)cc1. The fourth-order valence-corrected chi connectivity index (χ4v) is 4.93. The summed E-state index contributed by atoms with van der Waals surface area (Å²) in [5, 5.41) is 11.6. The van der Waals surface area contributed by atoms with Gasteiger partial charge in [-0.25, -0.2) is 0 Å². The van der Waals surface area contributed by atoms with Gasteiger partial charge in [-0.15, -0.1) is 10.2 Å². The summed E-state index contributed by atoms with van der Waals surface area (Å²) in [4.78, 5) is 38.7. The monoisotopic (exact) mass is 433 g/mol. The molecule has 0 radical (unpaired) electrons. The normalized spacial score (nSPS) is 22.4. The number of likely N-dealkylation sites (tertiary alicyclic amines) is 1. The van der Waals surface area contributed by atoms with Crippen molar-refractivity contribution in [2.75, 3.05) is 11.9 Å². The first-order valence-corrected chi connectivity index (χ1v) is 11.4. The summed E-state index contributed by atoms with van der Waals surface area (Å²) < 4.78 is 2.19. The number of carbonyl (C=O) groups is 3. The van der Waals surface area contributed by atoms with Crippen LogP contribution in [0.2, 0.25) is 0 Å². The van der Waals surface area contributed by atoms with Gasteiger partial charge in [0.05, 0.1) is 11.8 Å². The van der Waals surface area contributed by atoms with Crippen LogP contribution in [0.5, 0.6) is 0 Å². The molecule has 1 N–H and O–H groups in total. The second kappa shape index (κ2) is 8.68. The number of allylic oxidation sites excluding steroid dienone is 2. The van der Waals surface area contributed by atoms with Crippen LogP contribution in [0, 0.1) is 11.8 Å². The standard InChI is InChI=1S/C24H27N5O3/c30-21(13-15-29-23(31)18-6-3-4-7-19(18)24(29)32)25-17-11-9-16(10-12-17)22-27-26-20-8-2-1-5-14-28(20)22/h3-4,9-12,18-19H,1-2,5-8,13-15H2,(H,25,30)/t18-,19+. The number of aromatic nitrogens is 3. The molecule has 2 aromatic rings. The van der Waals surface area contributed by atoms with Gasteiger partial charge in [-0.2, -0.15) is 0 Å². The zero-order valence-electron chi connectivity index (χ0n) is 18.0. The topological polar surface area (TPSA) is 97.2 Å². The zero-order chi connectivity index (χ0) is 22.1. The van der Waals surface area contributed by atoms with Crippen molar-refractivity contribution < 1.29 is 14.4 Å². The molecule has 3 heterocycles. The molecule has 2 atom stereocenters. The Hall–Kier alpha value is -3.29. The Bertz CT molecular complexity index is 1050. The third-order valence-corrected chi connectivity index (χ3v) is 6.70. The highest BCUT2D eigenvalue weighted by atomic mass is 16.2. The van der Waals surface area contributed by atoms with Gasteiger partial charge in [0.1, 0.15) is 5.82 Å². The number of hydrogen-bond acceptors (Lipinski definition) is 5. The Balaban J connectivity index is 1.18. The molecule has 3 aliphatic rings. The molecule has 8 heteroatoms. The molecule has 0 bridgehead atoms. The van der Waals surface area contributed by atoms with Crippen molar-refractivity contribution in [3.63, 3.8) is 0 Å². The molecule has 0 unspecified atom stereocenters. The zero-order valence-corrected chi connectivity index (χ0v) is 18.0. The fraction of sp³-hybridized carbons (Fsp3) is 0.458. The molecule has 5 rings (SSSR count). The molecule has 1 saturated heterocycles. The van der Waals surface area contributed by atoms with Gasteiger partial charge in [-0.3, -0.25) is 19.3 Å². The number of fused-ring (bicyclic) bond motifs is 2. The number of anilines is 1. The fourth-order valence-electron chi connectivity index (χ4n) is 4.93. The molecule has 2 aliphatic heterocycles. The number of imide groups is 1. The Morgan fingerprint density at radius 1 is 0.969 bits per heavy atom. The highest BCUT2D eigenvalue weighted by molar-refractivity contribution is 6.05. The van der Waals surface area contributed by atoms with Crippen LogP contribution in [0.3, 0.4) is 0 Å². The van der Waals surface area contributed by atoms with Crippen LogP contribution < -0.4 is 5.32 Å². The lowest BCUT2D eigenvalue weighted by Crippen LogP contribution is -2.34. The largest absolute Gasteiger partial charge is 0.326 e. The van der Waals surface area contributed by atoms with Crippen LogP contribution in [0.15, 0.2) is 36.4 Å². The maximum Gasteiger partial charge on any atom is 0.233 e. The van der Waals surface area contributed by atoms with Gasteiger partial charge in [-0.1, -0.05) is 18.6 Å². The summed E-state index contributed by atoms with van der Waals surface area (Å²) in [5.41, 5.74) is 1.64. The first-order chi connectivity index (χ1) is 15.6. The number of nitrogens with zero attached hydrogens (tertiary/aromatic N) is 4. The Labute approximate surface area is 186 Å². The molecule has 32 heavy (non-hydrogen) atoms. The highest BCUT2D eigenvalue weighted by Crippen LogP contribution is 2.35. The third kappa shape index (κ3) is 3.85. The van der Waals surface area contributed by atoms with Gasteiger partial charge in [0.25, 0.3) is 0 Å². The first-order valence-electron chi connectivity index (χ1n) is 11.4. The Kier molecular flexibility index (Phi) is 5.59. The van der Waals surface area contributed by atoms with E-state index in [-0.39, 0.29) is 42.5 Å². The maximum atomic E-state index is 12.5. The van der Waals surface area contributed by atoms with E-state index in [1.165, 1.54) is 11.3 Å². The van der Waals surface area contributed by atoms with Gasteiger partial charge >= 0.3 is 0 Å². The summed E-state index contributed by atoms with van der Waals surface area (Å²) in [6.45, 7) is 1.06. The molecule has 166 valence electrons. The third-order valence-electron chi connectivity index (χ3n) is 6.70. The number of hydrogen-bond donors (Lipinski definition) is 1. The molecule has 1 fully saturated rings. The summed E-state index contributed by atoms with van der Waals surface area (Å²) in [5.74, 6) is 0.884. The molecule has 3 amide bonds. The van der Waals surface area contributed by atoms with E-state index in [0.29, 0.717) is 18.5 Å². The number of benzene rings is 1. The summed E-state index contributed by atoms with van der Waals surface area (Å²) >= 11 is 0. The van der Waals surface area contributed by atoms with Crippen LogP contribution in [0.25, 0.3) is 11.4 Å². The summed E-state index contributed by atoms with van der Waals surface area (Å²) in [6, 6.07) is 7.56. The predicted octanol–water partition coefficient (Wildman–Crippen LogP) is 2.95. The van der Waals surface area contributed by atoms with Crippen molar-refractivity contribution in [3.05, 3.63) is 42.2 Å². The first kappa shape index (κ1) is 20.6. The van der Waals surface area contributed by atoms with Gasteiger partial charge in [0.2, 0.25) is 17.7 Å². The number of amides is 3. The van der Waals surface area contributed by atoms with Crippen molar-refractivity contribution in [2.45, 2.75) is 51.5 Å². The van der Waals surface area contributed by atoms with E-state index in [2.05, 4.69) is 20.1 Å². The van der Waals surface area contributed by atoms with E-state index >= 15 is 0 Å². The van der Waals surface area contributed by atoms with Gasteiger partial charge < -0.3 is 9.88 Å². The maximum absolute atomic E-state index is 12.5. The molecule has 0 saturated carbocycles. The molecule has 1 aromatic carbocycles. The average Bonchev–Trinajstić information content (AvgIpc) is 3.21. The lowest BCUT2D eigenvalue weighted by Gasteiger charge is -2.14. The lowest BCUT2D eigenvalue weighted by atomic mass is 9.85. The highest BCUT2D eigenvalue weighted by Gasteiger charge is 2.46. The smallest absolute Gasteiger partial charge is 0.233 e. The number of rotatable bonds is 5. The Morgan fingerprint density at radius 3 is 2.41 bits per heavy atom. The van der Waals surface area contributed by atoms with Crippen molar-refractivity contribution >= 4 is 23.4 Å². The van der Waals surface area contributed by atoms with Crippen LogP contribution >= 0.6 is 0 Å². The van der Waals surface area contributed by atoms with Crippen molar-refractivity contribution in [3.8, 4) is 11.4 Å². The van der Waals surface area contributed by atoms with Crippen LogP contribution in [-0.4, -0.2) is 43.9 Å². The van der Waals surface area contributed by atoms with Crippen LogP contribution in [-0.2, 0) is 27.3 Å². The van der Waals surface area contributed by atoms with E-state index in [0.717, 1.165) is 43.0 Å². The molecule has 1 aliphatic carbocycles. The minimum absolute atomic E-state index is 0.0871. The van der Waals surface area contributed by atoms with E-state index in [1.54, 1.807) is 0 Å². The molecular weight excluding hydrogens is 406 g/mol. The minimum Gasteiger partial charge on any atom is -0.326 e. The summed E-state index contributed by atoms with van der Waals surface area (Å²) in [7, 11) is 0. The minimum atomic E-state index is -0.254. The van der Waals surface area contributed by atoms with Gasteiger partial charge in [0, 0.05) is 37.2 Å². The lowest BCUT2D eigenvalue weighted by molar-refractivity contribution is -0.140. The van der Waals surface area contributed by atoms with Gasteiger partial charge in [0.15, 0.2) is 5.82 Å². The second-order valence-electron chi connectivity index (χ2n) is 8.76. The van der Waals surface area contributed by atoms with Crippen molar-refractivity contribution in [1.29, 1.82) is 0 Å². The Morgan fingerprint density at radius 2 is 1.69 bits per heavy atom. The van der Waals surface area contributed by atoms with E-state index < -0.39 is 0 Å². The quantitative estimate of drug-likeness (QED) is 0.578.